The van der Waals surface area contributed by atoms with Gasteiger partial charge < -0.3 is 25.0 Å². The molecule has 40 heavy (non-hydrogen) atoms. The second-order valence-corrected chi connectivity index (χ2v) is 10.9. The van der Waals surface area contributed by atoms with Crippen LogP contribution >= 0.6 is 0 Å². The molecule has 2 fully saturated rings. The summed E-state index contributed by atoms with van der Waals surface area (Å²) >= 11 is 0. The normalized spacial score (nSPS) is 23.3. The van der Waals surface area contributed by atoms with Crippen molar-refractivity contribution in [2.75, 3.05) is 18.4 Å². The Morgan fingerprint density at radius 3 is 2.50 bits per heavy atom. The van der Waals surface area contributed by atoms with Crippen LogP contribution in [0.15, 0.2) is 61.2 Å². The smallest absolute Gasteiger partial charge is 0.303 e. The van der Waals surface area contributed by atoms with Crippen LogP contribution in [0.2, 0.25) is 0 Å². The van der Waals surface area contributed by atoms with Crippen LogP contribution in [-0.2, 0) is 25.7 Å². The predicted molar refractivity (Wildman–Crippen MR) is 154 cm³/mol. The highest BCUT2D eigenvalue weighted by Crippen LogP contribution is 2.42. The van der Waals surface area contributed by atoms with Crippen molar-refractivity contribution >= 4 is 17.6 Å². The van der Waals surface area contributed by atoms with Crippen molar-refractivity contribution in [1.82, 2.24) is 4.90 Å². The number of hydrogen-bond acceptors (Lipinski definition) is 6. The maximum absolute atomic E-state index is 12.4. The molecule has 8 nitrogen and oxygen atoms in total. The van der Waals surface area contributed by atoms with Gasteiger partial charge in [-0.15, -0.1) is 6.58 Å². The maximum atomic E-state index is 12.4. The topological polar surface area (TPSA) is 108 Å². The van der Waals surface area contributed by atoms with Crippen molar-refractivity contribution in [3.05, 3.63) is 77.9 Å². The summed E-state index contributed by atoms with van der Waals surface area (Å²) in [6.07, 6.45) is 6.27. The zero-order valence-electron chi connectivity index (χ0n) is 23.3. The largest absolute Gasteiger partial charge is 0.481 e. The van der Waals surface area contributed by atoms with Crippen molar-refractivity contribution in [2.45, 2.75) is 83.0 Å². The fraction of sp³-hybridized carbons (Fsp3) is 0.500. The molecular formula is C32H42N2O6. The highest BCUT2D eigenvalue weighted by atomic mass is 16.7. The molecule has 2 aromatic rings. The number of carbonyl (C=O) groups is 2. The molecular weight excluding hydrogens is 508 g/mol. The Kier molecular flexibility index (Phi) is 10.9. The first-order valence-corrected chi connectivity index (χ1v) is 14.3. The van der Waals surface area contributed by atoms with Gasteiger partial charge >= 0.3 is 5.97 Å². The maximum Gasteiger partial charge on any atom is 0.303 e. The second-order valence-electron chi connectivity index (χ2n) is 10.9. The van der Waals surface area contributed by atoms with Gasteiger partial charge in [0.2, 0.25) is 5.91 Å². The minimum atomic E-state index is -0.912. The Bertz CT molecular complexity index is 1130. The average Bonchev–Trinajstić information content (AvgIpc) is 3.49. The van der Waals surface area contributed by atoms with Gasteiger partial charge in [-0.3, -0.25) is 14.5 Å². The van der Waals surface area contributed by atoms with Crippen LogP contribution < -0.4 is 5.32 Å². The van der Waals surface area contributed by atoms with Gasteiger partial charge in [0.25, 0.3) is 0 Å². The van der Waals surface area contributed by atoms with E-state index in [1.807, 2.05) is 48.5 Å². The van der Waals surface area contributed by atoms with E-state index in [2.05, 4.69) is 23.7 Å². The highest BCUT2D eigenvalue weighted by molar-refractivity contribution is 5.90. The van der Waals surface area contributed by atoms with Crippen molar-refractivity contribution < 1.29 is 29.3 Å². The number of carboxylic acid groups (broad SMARTS) is 1. The van der Waals surface area contributed by atoms with Gasteiger partial charge in [0.1, 0.15) is 0 Å². The Hall–Kier alpha value is -3.04. The van der Waals surface area contributed by atoms with Gasteiger partial charge in [0.15, 0.2) is 6.29 Å². The molecule has 1 saturated heterocycles. The van der Waals surface area contributed by atoms with E-state index in [1.165, 1.54) is 25.7 Å². The molecule has 0 bridgehead atoms. The Balaban J connectivity index is 1.55. The van der Waals surface area contributed by atoms with Crippen molar-refractivity contribution in [3.8, 4) is 0 Å². The van der Waals surface area contributed by atoms with E-state index in [4.69, 9.17) is 14.6 Å². The molecule has 1 aliphatic heterocycles. The van der Waals surface area contributed by atoms with Crippen LogP contribution in [0.1, 0.15) is 81.0 Å². The van der Waals surface area contributed by atoms with Gasteiger partial charge in [0, 0.05) is 49.1 Å². The molecule has 4 atom stereocenters. The van der Waals surface area contributed by atoms with Gasteiger partial charge in [-0.1, -0.05) is 62.2 Å². The lowest BCUT2D eigenvalue weighted by molar-refractivity contribution is -0.276. The lowest BCUT2D eigenvalue weighted by Crippen LogP contribution is -2.47. The zero-order chi connectivity index (χ0) is 28.5. The van der Waals surface area contributed by atoms with E-state index >= 15 is 0 Å². The summed E-state index contributed by atoms with van der Waals surface area (Å²) < 4.78 is 13.2. The minimum Gasteiger partial charge on any atom is -0.481 e. The number of amides is 1. The third kappa shape index (κ3) is 8.01. The molecule has 0 aromatic heterocycles. The molecule has 2 aromatic carbocycles. The molecule has 1 amide bonds. The molecule has 1 heterocycles. The van der Waals surface area contributed by atoms with E-state index in [-0.39, 0.29) is 49.9 Å². The number of aliphatic hydroxyl groups is 1. The number of anilines is 1. The second kappa shape index (κ2) is 14.6. The van der Waals surface area contributed by atoms with Gasteiger partial charge in [0.05, 0.1) is 18.8 Å². The molecule has 8 heteroatoms. The first kappa shape index (κ1) is 29.9. The van der Waals surface area contributed by atoms with Crippen molar-refractivity contribution in [3.63, 3.8) is 0 Å². The quantitative estimate of drug-likeness (QED) is 0.279. The van der Waals surface area contributed by atoms with E-state index < -0.39 is 12.3 Å². The first-order chi connectivity index (χ1) is 19.4. The minimum absolute atomic E-state index is 0.0115. The van der Waals surface area contributed by atoms with Crippen molar-refractivity contribution in [2.24, 2.45) is 5.92 Å². The monoisotopic (exact) mass is 550 g/mol. The van der Waals surface area contributed by atoms with Crippen LogP contribution in [0.4, 0.5) is 5.69 Å². The number of carbonyl (C=O) groups excluding carboxylic acids is 1. The fourth-order valence-corrected chi connectivity index (χ4v) is 5.75. The number of hydrogen-bond donors (Lipinski definition) is 3. The summed E-state index contributed by atoms with van der Waals surface area (Å²) in [6, 6.07) is 15.9. The molecule has 216 valence electrons. The van der Waals surface area contributed by atoms with Crippen LogP contribution in [0, 0.1) is 5.92 Å². The SMILES string of the molecule is C=CCN(C[C@@H]1O[C@H](c2cccc(NC(=O)CCCC(=O)O)c2)O[C@H](c2ccc(CO)cc2)[C@@H]1C)C1CCCC1. The number of aliphatic hydroxyl groups excluding tert-OH is 1. The molecule has 1 saturated carbocycles. The third-order valence-corrected chi connectivity index (χ3v) is 7.98. The van der Waals surface area contributed by atoms with Crippen LogP contribution in [-0.4, -0.2) is 52.2 Å². The van der Waals surface area contributed by atoms with E-state index in [0.29, 0.717) is 11.7 Å². The number of nitrogens with one attached hydrogen (secondary N) is 1. The fourth-order valence-electron chi connectivity index (χ4n) is 5.75. The first-order valence-electron chi connectivity index (χ1n) is 14.3. The van der Waals surface area contributed by atoms with Gasteiger partial charge in [-0.25, -0.2) is 0 Å². The predicted octanol–water partition coefficient (Wildman–Crippen LogP) is 5.59. The molecule has 1 aliphatic carbocycles. The van der Waals surface area contributed by atoms with Crippen LogP contribution in [0.5, 0.6) is 0 Å². The summed E-state index contributed by atoms with van der Waals surface area (Å²) in [4.78, 5) is 25.6. The van der Waals surface area contributed by atoms with E-state index in [1.54, 1.807) is 6.07 Å². The van der Waals surface area contributed by atoms with Crippen LogP contribution in [0.25, 0.3) is 0 Å². The number of ether oxygens (including phenoxy) is 2. The summed E-state index contributed by atoms with van der Waals surface area (Å²) in [5, 5.41) is 21.2. The van der Waals surface area contributed by atoms with Gasteiger partial charge in [-0.2, -0.15) is 0 Å². The summed E-state index contributed by atoms with van der Waals surface area (Å²) in [7, 11) is 0. The number of benzene rings is 2. The Morgan fingerprint density at radius 1 is 1.07 bits per heavy atom. The van der Waals surface area contributed by atoms with E-state index in [0.717, 1.165) is 29.8 Å². The number of aliphatic carboxylic acids is 1. The summed E-state index contributed by atoms with van der Waals surface area (Å²) in [5.41, 5.74) is 3.29. The standard InChI is InChI=1S/C32H42N2O6/c1-3-18-34(27-10-4-5-11-27)20-28-22(2)31(24-16-14-23(21-35)15-17-24)40-32(39-28)25-8-6-9-26(19-25)33-29(36)12-7-13-30(37)38/h3,6,8-9,14-17,19,22,27-28,31-32,35H,1,4-5,7,10-13,18,20-21H2,2H3,(H,33,36)(H,37,38)/t22-,28+,31+,32+/m1/s1. The van der Waals surface area contributed by atoms with E-state index in [9.17, 15) is 14.7 Å². The number of rotatable bonds is 13. The molecule has 0 spiro atoms. The molecule has 2 aliphatic rings. The Labute approximate surface area is 237 Å². The third-order valence-electron chi connectivity index (χ3n) is 7.98. The highest BCUT2D eigenvalue weighted by Gasteiger charge is 2.40. The summed E-state index contributed by atoms with van der Waals surface area (Å²) in [5.74, 6) is -1.07. The van der Waals surface area contributed by atoms with Crippen molar-refractivity contribution in [1.29, 1.82) is 0 Å². The number of carboxylic acids is 1. The van der Waals surface area contributed by atoms with Crippen LogP contribution in [0.3, 0.4) is 0 Å². The molecule has 0 radical (unpaired) electrons. The molecule has 3 N–H and O–H groups in total. The molecule has 4 rings (SSSR count). The lowest BCUT2D eigenvalue weighted by Gasteiger charge is -2.43. The lowest BCUT2D eigenvalue weighted by atomic mass is 9.89. The Morgan fingerprint density at radius 2 is 1.82 bits per heavy atom. The summed E-state index contributed by atoms with van der Waals surface area (Å²) in [6.45, 7) is 7.72. The molecule has 0 unspecified atom stereocenters. The number of nitrogens with zero attached hydrogens (tertiary/aromatic N) is 1. The zero-order valence-corrected chi connectivity index (χ0v) is 23.3. The average molecular weight is 551 g/mol. The van der Waals surface area contributed by atoms with Gasteiger partial charge in [-0.05, 0) is 42.5 Å².